The zero-order valence-electron chi connectivity index (χ0n) is 34.6. The maximum atomic E-state index is 13.1. The molecule has 0 radical (unpaired) electrons. The Kier molecular flexibility index (Phi) is 12.3. The molecule has 4 aromatic rings. The van der Waals surface area contributed by atoms with E-state index in [0.717, 1.165) is 11.1 Å². The molecule has 7 rings (SSSR count). The van der Waals surface area contributed by atoms with E-state index in [2.05, 4.69) is 30.3 Å². The predicted molar refractivity (Wildman–Crippen MR) is 228 cm³/mol. The van der Waals surface area contributed by atoms with Crippen LogP contribution < -0.4 is 30.2 Å². The van der Waals surface area contributed by atoms with E-state index in [-0.39, 0.29) is 31.7 Å². The molecule has 0 spiro atoms. The maximum Gasteiger partial charge on any atom is 0.265 e. The van der Waals surface area contributed by atoms with Gasteiger partial charge in [-0.1, -0.05) is 24.3 Å². The third-order valence-electron chi connectivity index (χ3n) is 11.6. The van der Waals surface area contributed by atoms with Gasteiger partial charge in [-0.3, -0.25) is 18.5 Å². The van der Waals surface area contributed by atoms with Crippen molar-refractivity contribution in [2.24, 2.45) is 4.99 Å². The molecule has 4 heterocycles. The van der Waals surface area contributed by atoms with Crippen LogP contribution in [0.2, 0.25) is 0 Å². The minimum Gasteiger partial charge on any atom is -0.452 e. The first kappa shape index (κ1) is 45.0. The fourth-order valence-electron chi connectivity index (χ4n) is 8.99. The first-order chi connectivity index (χ1) is 28.9. The highest BCUT2D eigenvalue weighted by atomic mass is 32.2. The molecule has 62 heavy (non-hydrogen) atoms. The second-order valence-corrected chi connectivity index (χ2v) is 21.9. The Hall–Kier alpha value is -5.00. The Labute approximate surface area is 359 Å². The number of carbonyl (C=O) groups excluding carboxylic acids is 1. The molecule has 1 aromatic heterocycles. The molecule has 0 aliphatic carbocycles. The number of fused-ring (bicyclic) bond motifs is 4. The Balaban J connectivity index is 1.19. The third-order valence-corrected chi connectivity index (χ3v) is 14.0. The molecular weight excluding hydrogens is 865 g/mol. The van der Waals surface area contributed by atoms with Crippen LogP contribution in [0.5, 0.6) is 11.5 Å². The van der Waals surface area contributed by atoms with Gasteiger partial charge in [0.15, 0.2) is 23.4 Å². The van der Waals surface area contributed by atoms with Gasteiger partial charge < -0.3 is 15.0 Å². The summed E-state index contributed by atoms with van der Waals surface area (Å²) in [6.45, 7) is 8.62. The van der Waals surface area contributed by atoms with Crippen molar-refractivity contribution >= 4 is 47.6 Å². The summed E-state index contributed by atoms with van der Waals surface area (Å²) < 4.78 is 110. The molecule has 3 aromatic carbocycles. The van der Waals surface area contributed by atoms with Gasteiger partial charge in [-0.25, -0.2) is 9.57 Å². The maximum absolute atomic E-state index is 13.1. The van der Waals surface area contributed by atoms with Gasteiger partial charge in [-0.2, -0.15) is 25.3 Å². The van der Waals surface area contributed by atoms with Gasteiger partial charge in [0.05, 0.1) is 23.3 Å². The topological polar surface area (TPSA) is 272 Å². The summed E-state index contributed by atoms with van der Waals surface area (Å²) in [5.41, 5.74) is 2.37. The molecule has 332 valence electrons. The van der Waals surface area contributed by atoms with Gasteiger partial charge in [0, 0.05) is 72.6 Å². The number of hydrogen-bond acceptors (Lipinski definition) is 14. The minimum absolute atomic E-state index is 0.0790. The van der Waals surface area contributed by atoms with Crippen LogP contribution >= 0.6 is 0 Å². The van der Waals surface area contributed by atoms with Crippen molar-refractivity contribution in [2.45, 2.75) is 89.3 Å². The van der Waals surface area contributed by atoms with Gasteiger partial charge in [-0.15, -0.1) is 20.4 Å². The Morgan fingerprint density at radius 3 is 2.15 bits per heavy atom. The van der Waals surface area contributed by atoms with E-state index in [4.69, 9.17) is 9.73 Å². The number of nitrogens with zero attached hydrogens (tertiary/aromatic N) is 7. The highest BCUT2D eigenvalue weighted by Crippen LogP contribution is 2.49. The van der Waals surface area contributed by atoms with Crippen molar-refractivity contribution in [2.75, 3.05) is 35.2 Å². The SMILES string of the molecule is CC1(C)CC(CS(=O)(=O)O)c2cc3c(cc2N1CCCS(=O)(=O)O)Oc1cc2c(cc1=N3)C(CS(=O)(=O)O)CC(C)(C)[N+]=2CCCC(=O)NCc1ccc(-c2nncnn2)cc1. The Bertz CT molecular complexity index is 2860. The lowest BCUT2D eigenvalue weighted by Gasteiger charge is -2.48. The number of ether oxygens (including phenoxy) is 1. The van der Waals surface area contributed by atoms with E-state index < -0.39 is 70.5 Å². The lowest BCUT2D eigenvalue weighted by atomic mass is 9.79. The molecule has 0 saturated heterocycles. The highest BCUT2D eigenvalue weighted by molar-refractivity contribution is 7.86. The summed E-state index contributed by atoms with van der Waals surface area (Å²) in [6, 6.07) is 14.3. The smallest absolute Gasteiger partial charge is 0.265 e. The van der Waals surface area contributed by atoms with E-state index >= 15 is 0 Å². The van der Waals surface area contributed by atoms with Crippen LogP contribution in [0.15, 0.2) is 59.9 Å². The molecule has 0 saturated carbocycles. The van der Waals surface area contributed by atoms with E-state index in [1.54, 1.807) is 24.3 Å². The molecule has 4 N–H and O–H groups in total. The predicted octanol–water partition coefficient (Wildman–Crippen LogP) is 2.97. The molecule has 1 amide bonds. The normalized spacial score (nSPS) is 19.0. The first-order valence-electron chi connectivity index (χ1n) is 20.0. The standard InChI is InChI=1S/C40H48N8O11S3/c1-39(2)19-27(22-61(53,54)55)29-15-31-35(17-33(29)47(39)12-5-7-37(49)41-21-25-8-10-26(11-9-25)38-45-42-24-43-46-38)59-36-18-34-30(16-32(36)44-31)28(23-62(56,57)58)20-40(3,4)48(34)13-6-14-60(50,51)52/h8-11,15-18,24,27-28H,5-7,12-14,19-23H2,1-4H3,(H3-,41,49,50,51,52,53,54,55,56,57,58)/p+1. The van der Waals surface area contributed by atoms with Gasteiger partial charge >= 0.3 is 0 Å². The zero-order valence-corrected chi connectivity index (χ0v) is 37.0. The van der Waals surface area contributed by atoms with E-state index in [1.165, 1.54) is 6.33 Å². The van der Waals surface area contributed by atoms with Crippen molar-refractivity contribution in [3.05, 3.63) is 82.3 Å². The first-order valence-corrected chi connectivity index (χ1v) is 24.8. The molecule has 0 bridgehead atoms. The molecule has 0 fully saturated rings. The lowest BCUT2D eigenvalue weighted by molar-refractivity contribution is -0.121. The number of aromatic nitrogens is 4. The van der Waals surface area contributed by atoms with Crippen LogP contribution in [0.25, 0.3) is 11.4 Å². The van der Waals surface area contributed by atoms with Crippen molar-refractivity contribution in [1.82, 2.24) is 30.3 Å². The molecule has 3 aliphatic heterocycles. The second kappa shape index (κ2) is 16.9. The lowest BCUT2D eigenvalue weighted by Crippen LogP contribution is -2.54. The largest absolute Gasteiger partial charge is 0.452 e. The summed E-state index contributed by atoms with van der Waals surface area (Å²) in [6.07, 6.45) is 2.62. The number of nitrogens with one attached hydrogen (secondary N) is 1. The monoisotopic (exact) mass is 913 g/mol. The van der Waals surface area contributed by atoms with Crippen LogP contribution in [0.4, 0.5) is 11.4 Å². The number of amides is 1. The molecule has 2 unspecified atom stereocenters. The fraction of sp³-hybridized carbons (Fsp3) is 0.475. The molecule has 2 atom stereocenters. The van der Waals surface area contributed by atoms with Crippen molar-refractivity contribution < 1.29 is 48.4 Å². The highest BCUT2D eigenvalue weighted by Gasteiger charge is 2.43. The average Bonchev–Trinajstić information content (AvgIpc) is 3.16. The number of rotatable bonds is 15. The molecule has 19 nitrogen and oxygen atoms in total. The summed E-state index contributed by atoms with van der Waals surface area (Å²) in [7, 11) is -13.1. The van der Waals surface area contributed by atoms with E-state index in [0.29, 0.717) is 76.5 Å². The van der Waals surface area contributed by atoms with E-state index in [1.807, 2.05) is 56.9 Å². The Morgan fingerprint density at radius 1 is 0.839 bits per heavy atom. The van der Waals surface area contributed by atoms with Gasteiger partial charge in [0.1, 0.15) is 17.6 Å². The minimum atomic E-state index is -4.42. The molecular formula is C40H49N8O11S3+. The van der Waals surface area contributed by atoms with Crippen LogP contribution in [0.1, 0.15) is 88.3 Å². The van der Waals surface area contributed by atoms with Gasteiger partial charge in [-0.05, 0) is 63.8 Å². The fourth-order valence-corrected chi connectivity index (χ4v) is 11.1. The summed E-state index contributed by atoms with van der Waals surface area (Å²) in [5, 5.41) is 19.4. The average molecular weight is 914 g/mol. The van der Waals surface area contributed by atoms with Crippen LogP contribution in [-0.2, 0) is 41.7 Å². The zero-order chi connectivity index (χ0) is 44.8. The van der Waals surface area contributed by atoms with Gasteiger partial charge in [0.25, 0.3) is 30.4 Å². The van der Waals surface area contributed by atoms with Gasteiger partial charge in [0.2, 0.25) is 17.1 Å². The quantitative estimate of drug-likeness (QED) is 0.0868. The molecule has 3 aliphatic rings. The summed E-state index contributed by atoms with van der Waals surface area (Å²) in [5.74, 6) is -1.95. The number of anilines is 1. The molecule has 22 heteroatoms. The third kappa shape index (κ3) is 10.6. The van der Waals surface area contributed by atoms with Crippen LogP contribution in [0, 0.1) is 0 Å². The van der Waals surface area contributed by atoms with Crippen molar-refractivity contribution in [1.29, 1.82) is 0 Å². The Morgan fingerprint density at radius 2 is 1.50 bits per heavy atom. The van der Waals surface area contributed by atoms with Crippen molar-refractivity contribution in [3.63, 3.8) is 0 Å². The van der Waals surface area contributed by atoms with E-state index in [9.17, 15) is 43.7 Å². The number of hydrogen-bond donors (Lipinski definition) is 4. The number of benzene rings is 3. The number of carbonyl (C=O) groups is 1. The second-order valence-electron chi connectivity index (χ2n) is 17.3. The summed E-state index contributed by atoms with van der Waals surface area (Å²) in [4.78, 5) is 19.9. The van der Waals surface area contributed by atoms with Crippen LogP contribution in [0.3, 0.4) is 0 Å². The summed E-state index contributed by atoms with van der Waals surface area (Å²) >= 11 is 0. The van der Waals surface area contributed by atoms with Crippen molar-refractivity contribution in [3.8, 4) is 22.9 Å². The van der Waals surface area contributed by atoms with Crippen LogP contribution in [-0.4, -0.2) is 107 Å².